The Bertz CT molecular complexity index is 1150. The Hall–Kier alpha value is -3.15. The first-order valence-electron chi connectivity index (χ1n) is 18.6. The van der Waals surface area contributed by atoms with Gasteiger partial charge in [-0.25, -0.2) is 0 Å². The largest absolute Gasteiger partial charge is 0.394 e. The Kier molecular flexibility index (Phi) is 28.4. The summed E-state index contributed by atoms with van der Waals surface area (Å²) in [6, 6.07) is -0.872. The van der Waals surface area contributed by atoms with E-state index < -0.39 is 49.5 Å². The molecule has 51 heavy (non-hydrogen) atoms. The van der Waals surface area contributed by atoms with E-state index in [4.69, 9.17) is 9.47 Å². The summed E-state index contributed by atoms with van der Waals surface area (Å²) < 4.78 is 11.1. The number of aliphatic hydroxyl groups excluding tert-OH is 5. The second-order valence-corrected chi connectivity index (χ2v) is 12.3. The molecule has 1 heterocycles. The third-order valence-electron chi connectivity index (χ3n) is 7.92. The molecule has 9 nitrogen and oxygen atoms in total. The lowest BCUT2D eigenvalue weighted by atomic mass is 9.99. The lowest BCUT2D eigenvalue weighted by molar-refractivity contribution is -0.302. The first kappa shape index (κ1) is 45.9. The van der Waals surface area contributed by atoms with E-state index in [2.05, 4.69) is 91.2 Å². The molecule has 0 aromatic heterocycles. The number of aliphatic hydroxyl groups is 5. The monoisotopic (exact) mass is 711 g/mol. The molecule has 0 aromatic rings. The predicted octanol–water partition coefficient (Wildman–Crippen LogP) is 6.38. The topological polar surface area (TPSA) is 149 Å². The zero-order valence-corrected chi connectivity index (χ0v) is 30.8. The number of amides is 1. The van der Waals surface area contributed by atoms with Crippen molar-refractivity contribution < 1.29 is 39.8 Å². The van der Waals surface area contributed by atoms with Crippen molar-refractivity contribution in [2.75, 3.05) is 13.2 Å². The molecular formula is C42H65NO8. The van der Waals surface area contributed by atoms with Gasteiger partial charge in [-0.3, -0.25) is 4.79 Å². The van der Waals surface area contributed by atoms with Crippen LogP contribution in [0.15, 0.2) is 109 Å². The third kappa shape index (κ3) is 23.1. The van der Waals surface area contributed by atoms with Gasteiger partial charge in [-0.15, -0.1) is 0 Å². The fraction of sp³-hybridized carbons (Fsp3) is 0.548. The van der Waals surface area contributed by atoms with Crippen LogP contribution in [0.25, 0.3) is 0 Å². The molecule has 286 valence electrons. The van der Waals surface area contributed by atoms with Crippen LogP contribution < -0.4 is 5.32 Å². The quantitative estimate of drug-likeness (QED) is 0.0425. The maximum Gasteiger partial charge on any atom is 0.220 e. The van der Waals surface area contributed by atoms with Crippen LogP contribution in [-0.2, 0) is 14.3 Å². The standard InChI is InChI=1S/C42H65NO8/c1-3-5-7-9-11-13-14-15-16-17-18-19-20-21-22-24-26-28-30-32-38(46)43-35(36(45)31-29-27-25-23-12-10-8-6-4-2)34-50-42-41(49)40(48)39(47)37(33-44)51-42/h4-7,11-13,15-16,18-19,21-23,26,28-29,31,35-37,39-42,44-45,47-49H,3,8-10,14,17,20,24-25,27,30,32-34H2,1-2H3,(H,43,46)/b6-4+,7-5-,13-11-,16-15-,19-18-,22-21-,23-12+,28-26-,31-29+. The van der Waals surface area contributed by atoms with Gasteiger partial charge >= 0.3 is 0 Å². The molecule has 0 saturated carbocycles. The average Bonchev–Trinajstić information content (AvgIpc) is 3.13. The van der Waals surface area contributed by atoms with Crippen molar-refractivity contribution in [3.63, 3.8) is 0 Å². The second kappa shape index (κ2) is 31.6. The van der Waals surface area contributed by atoms with Crippen LogP contribution in [0.5, 0.6) is 0 Å². The van der Waals surface area contributed by atoms with Gasteiger partial charge < -0.3 is 40.3 Å². The highest BCUT2D eigenvalue weighted by Gasteiger charge is 2.44. The molecule has 9 heteroatoms. The molecule has 1 saturated heterocycles. The highest BCUT2D eigenvalue weighted by molar-refractivity contribution is 5.76. The fourth-order valence-electron chi connectivity index (χ4n) is 4.92. The van der Waals surface area contributed by atoms with Crippen molar-refractivity contribution in [3.8, 4) is 0 Å². The minimum Gasteiger partial charge on any atom is -0.394 e. The molecule has 0 spiro atoms. The van der Waals surface area contributed by atoms with E-state index in [1.165, 1.54) is 0 Å². The summed E-state index contributed by atoms with van der Waals surface area (Å²) in [6.45, 7) is 3.30. The van der Waals surface area contributed by atoms with Crippen LogP contribution in [0.3, 0.4) is 0 Å². The molecule has 1 aliphatic rings. The van der Waals surface area contributed by atoms with Crippen molar-refractivity contribution >= 4 is 5.91 Å². The van der Waals surface area contributed by atoms with Crippen molar-refractivity contribution in [3.05, 3.63) is 109 Å². The Morgan fingerprint density at radius 1 is 0.686 bits per heavy atom. The van der Waals surface area contributed by atoms with E-state index in [9.17, 15) is 30.3 Å². The minimum atomic E-state index is -1.59. The summed E-state index contributed by atoms with van der Waals surface area (Å²) in [5.74, 6) is -0.284. The first-order valence-corrected chi connectivity index (χ1v) is 18.6. The van der Waals surface area contributed by atoms with Crippen LogP contribution in [0.2, 0.25) is 0 Å². The van der Waals surface area contributed by atoms with Crippen molar-refractivity contribution in [2.45, 2.75) is 134 Å². The van der Waals surface area contributed by atoms with Gasteiger partial charge in [0, 0.05) is 6.42 Å². The van der Waals surface area contributed by atoms with Gasteiger partial charge in [0.25, 0.3) is 0 Å². The summed E-state index contributed by atoms with van der Waals surface area (Å²) in [6.07, 6.45) is 38.8. The molecule has 7 unspecified atom stereocenters. The number of nitrogens with one attached hydrogen (secondary N) is 1. The smallest absolute Gasteiger partial charge is 0.220 e. The Morgan fingerprint density at radius 3 is 1.71 bits per heavy atom. The molecule has 0 bridgehead atoms. The maximum absolute atomic E-state index is 12.8. The highest BCUT2D eigenvalue weighted by atomic mass is 16.7. The van der Waals surface area contributed by atoms with E-state index in [1.54, 1.807) is 6.08 Å². The molecule has 1 amide bonds. The predicted molar refractivity (Wildman–Crippen MR) is 207 cm³/mol. The van der Waals surface area contributed by atoms with E-state index in [0.717, 1.165) is 57.8 Å². The van der Waals surface area contributed by atoms with Gasteiger partial charge in [-0.1, -0.05) is 116 Å². The van der Waals surface area contributed by atoms with Crippen molar-refractivity contribution in [1.29, 1.82) is 0 Å². The van der Waals surface area contributed by atoms with Crippen molar-refractivity contribution in [1.82, 2.24) is 5.32 Å². The van der Waals surface area contributed by atoms with E-state index in [1.807, 2.05) is 31.2 Å². The number of allylic oxidation sites excluding steroid dienone is 17. The maximum atomic E-state index is 12.8. The number of carbonyl (C=O) groups excluding carboxylic acids is 1. The third-order valence-corrected chi connectivity index (χ3v) is 7.92. The minimum absolute atomic E-state index is 0.202. The lowest BCUT2D eigenvalue weighted by Crippen LogP contribution is -2.60. The lowest BCUT2D eigenvalue weighted by Gasteiger charge is -2.40. The van der Waals surface area contributed by atoms with Crippen LogP contribution >= 0.6 is 0 Å². The van der Waals surface area contributed by atoms with Gasteiger partial charge in [0.2, 0.25) is 5.91 Å². The number of hydrogen-bond acceptors (Lipinski definition) is 8. The first-order chi connectivity index (χ1) is 24.8. The molecule has 1 aliphatic heterocycles. The summed E-state index contributed by atoms with van der Waals surface area (Å²) in [7, 11) is 0. The highest BCUT2D eigenvalue weighted by Crippen LogP contribution is 2.22. The van der Waals surface area contributed by atoms with Gasteiger partial charge in [0.1, 0.15) is 24.4 Å². The number of unbranched alkanes of at least 4 members (excludes halogenated alkanes) is 2. The number of rotatable bonds is 27. The van der Waals surface area contributed by atoms with Gasteiger partial charge in [-0.05, 0) is 77.6 Å². The molecule has 0 aliphatic carbocycles. The van der Waals surface area contributed by atoms with Gasteiger partial charge in [-0.2, -0.15) is 0 Å². The SMILES string of the molecule is C/C=C/CC/C=C/CC/C=C/C(O)C(COC1OC(CO)C(O)C(O)C1O)NC(=O)CC/C=C\C/C=C\C/C=C\C/C=C\C/C=C\C/C=C\CC. The molecule has 6 N–H and O–H groups in total. The second-order valence-electron chi connectivity index (χ2n) is 12.3. The Morgan fingerprint density at radius 2 is 1.18 bits per heavy atom. The summed E-state index contributed by atoms with van der Waals surface area (Å²) >= 11 is 0. The average molecular weight is 712 g/mol. The van der Waals surface area contributed by atoms with E-state index in [0.29, 0.717) is 12.8 Å². The molecule has 0 radical (unpaired) electrons. The zero-order valence-electron chi connectivity index (χ0n) is 30.8. The molecular weight excluding hydrogens is 646 g/mol. The summed E-state index contributed by atoms with van der Waals surface area (Å²) in [4.78, 5) is 12.8. The molecule has 0 aromatic carbocycles. The van der Waals surface area contributed by atoms with E-state index >= 15 is 0 Å². The normalized spacial score (nSPS) is 23.3. The molecule has 1 fully saturated rings. The van der Waals surface area contributed by atoms with Crippen LogP contribution in [-0.4, -0.2) is 87.5 Å². The van der Waals surface area contributed by atoms with E-state index in [-0.39, 0.29) is 18.9 Å². The number of carbonyl (C=O) groups is 1. The van der Waals surface area contributed by atoms with Gasteiger partial charge in [0.15, 0.2) is 6.29 Å². The van der Waals surface area contributed by atoms with Crippen LogP contribution in [0.4, 0.5) is 0 Å². The summed E-state index contributed by atoms with van der Waals surface area (Å²) in [5.41, 5.74) is 0. The van der Waals surface area contributed by atoms with Crippen molar-refractivity contribution in [2.24, 2.45) is 0 Å². The number of hydrogen-bond donors (Lipinski definition) is 6. The Labute approximate surface area is 306 Å². The Balaban J connectivity index is 2.51. The van der Waals surface area contributed by atoms with Crippen LogP contribution in [0.1, 0.15) is 90.9 Å². The zero-order chi connectivity index (χ0) is 37.4. The van der Waals surface area contributed by atoms with Gasteiger partial charge in [0.05, 0.1) is 25.4 Å². The number of ether oxygens (including phenoxy) is 2. The molecule has 1 rings (SSSR count). The molecule has 7 atom stereocenters. The van der Waals surface area contributed by atoms with Crippen LogP contribution in [0, 0.1) is 0 Å². The summed E-state index contributed by atoms with van der Waals surface area (Å²) in [5, 5.41) is 53.7. The fourth-order valence-corrected chi connectivity index (χ4v) is 4.92.